The smallest absolute Gasteiger partial charge is 0.152 e. The number of hydrogen-bond acceptors (Lipinski definition) is 3. The molecule has 1 fully saturated rings. The fourth-order valence-corrected chi connectivity index (χ4v) is 0.856. The van der Waals surface area contributed by atoms with E-state index < -0.39 is 0 Å². The highest BCUT2D eigenvalue weighted by molar-refractivity contribution is 7.73. The number of rotatable bonds is 1. The summed E-state index contributed by atoms with van der Waals surface area (Å²) in [7, 11) is 0. The predicted molar refractivity (Wildman–Crippen MR) is 36.3 cm³/mol. The lowest BCUT2D eigenvalue weighted by Crippen LogP contribution is -2.42. The predicted octanol–water partition coefficient (Wildman–Crippen LogP) is 0.935. The number of hydrogen-bond donors (Lipinski definition) is 1. The summed E-state index contributed by atoms with van der Waals surface area (Å²) in [5, 5.41) is 0. The summed E-state index contributed by atoms with van der Waals surface area (Å²) in [5.74, 6) is 0. The zero-order chi connectivity index (χ0) is 6.74. The Morgan fingerprint density at radius 2 is 2.00 bits per heavy atom. The molecule has 0 aromatic heterocycles. The van der Waals surface area contributed by atoms with Crippen LogP contribution in [0, 0.1) is 0 Å². The molecule has 1 heterocycles. The minimum absolute atomic E-state index is 0.0139. The van der Waals surface area contributed by atoms with Gasteiger partial charge in [0.05, 0.1) is 0 Å². The number of quaternary nitrogens is 1. The van der Waals surface area contributed by atoms with Crippen LogP contribution in [0.1, 0.15) is 13.3 Å². The quantitative estimate of drug-likeness (QED) is 0.443. The average molecular weight is 150 g/mol. The zero-order valence-electron chi connectivity index (χ0n) is 5.54. The Morgan fingerprint density at radius 3 is 2.33 bits per heavy atom. The first-order chi connectivity index (χ1) is 4.27. The topological polar surface area (TPSA) is 18.5 Å². The van der Waals surface area contributed by atoms with Crippen LogP contribution < -0.4 is 0 Å². The van der Waals surface area contributed by atoms with E-state index in [1.165, 1.54) is 0 Å². The molecule has 0 spiro atoms. The molecule has 54 valence electrons. The molecule has 0 amide bonds. The molecule has 0 bridgehead atoms. The van der Waals surface area contributed by atoms with E-state index in [-0.39, 0.29) is 4.21 Å². The molecule has 1 rings (SSSR count). The number of nitrogens with zero attached hydrogens (tertiary/aromatic N) is 1. The van der Waals surface area contributed by atoms with Gasteiger partial charge in [-0.05, 0) is 6.92 Å². The minimum atomic E-state index is 0.0139. The first kappa shape index (κ1) is 7.34. The van der Waals surface area contributed by atoms with Gasteiger partial charge in [0.1, 0.15) is 26.0 Å². The molecule has 0 radical (unpaired) electrons. The van der Waals surface area contributed by atoms with Crippen molar-refractivity contribution in [3.8, 4) is 0 Å². The van der Waals surface area contributed by atoms with E-state index in [0.717, 1.165) is 26.2 Å². The third kappa shape index (κ3) is 1.82. The van der Waals surface area contributed by atoms with Crippen molar-refractivity contribution in [2.45, 2.75) is 13.3 Å². The molecule has 0 atom stereocenters. The summed E-state index contributed by atoms with van der Waals surface area (Å²) in [6, 6.07) is 0. The molecule has 0 N–H and O–H groups in total. The van der Waals surface area contributed by atoms with Crippen LogP contribution in [0.2, 0.25) is 0 Å². The lowest BCUT2D eigenvalue weighted by Gasteiger charge is -2.27. The van der Waals surface area contributed by atoms with Crippen molar-refractivity contribution in [2.75, 3.05) is 19.8 Å². The van der Waals surface area contributed by atoms with Gasteiger partial charge in [-0.25, -0.2) is 0 Å². The summed E-state index contributed by atoms with van der Waals surface area (Å²) in [6.45, 7) is 4.20. The van der Waals surface area contributed by atoms with Crippen LogP contribution in [0.5, 0.6) is 0 Å². The Bertz CT molecular complexity index is 93.0. The molecule has 1 aliphatic heterocycles. The summed E-state index contributed by atoms with van der Waals surface area (Å²) < 4.78 is 0.0139. The first-order valence-corrected chi connectivity index (χ1v) is 3.57. The van der Waals surface area contributed by atoms with Crippen molar-refractivity contribution < 1.29 is 13.9 Å². The highest BCUT2D eigenvalue weighted by atomic mass is 32.1. The van der Waals surface area contributed by atoms with E-state index >= 15 is 0 Å². The first-order valence-electron chi connectivity index (χ1n) is 3.17. The van der Waals surface area contributed by atoms with Crippen molar-refractivity contribution in [3.05, 3.63) is 0 Å². The molecule has 4 heteroatoms. The van der Waals surface area contributed by atoms with Gasteiger partial charge >= 0.3 is 0 Å². The van der Waals surface area contributed by atoms with Gasteiger partial charge in [-0.15, -0.1) is 0 Å². The molecular weight excluding hydrogens is 138 g/mol. The largest absolute Gasteiger partial charge is 0.155 e. The molecule has 9 heavy (non-hydrogen) atoms. The molecule has 0 unspecified atom stereocenters. The molecule has 3 nitrogen and oxygen atoms in total. The van der Waals surface area contributed by atoms with Gasteiger partial charge in [0, 0.05) is 10.6 Å². The normalized spacial score (nSPS) is 26.0. The average Bonchev–Trinajstić information content (AvgIpc) is 1.90. The van der Waals surface area contributed by atoms with Gasteiger partial charge in [-0.2, -0.15) is 9.68 Å². The molecule has 0 aromatic carbocycles. The van der Waals surface area contributed by atoms with Gasteiger partial charge in [0.25, 0.3) is 0 Å². The van der Waals surface area contributed by atoms with Gasteiger partial charge in [-0.1, -0.05) is 0 Å². The summed E-state index contributed by atoms with van der Waals surface area (Å²) in [6.07, 6.45) is 0.973. The molecule has 1 aliphatic rings. The molecule has 1 saturated heterocycles. The van der Waals surface area contributed by atoms with Crippen molar-refractivity contribution in [2.24, 2.45) is 0 Å². The van der Waals surface area contributed by atoms with Gasteiger partial charge < -0.3 is 0 Å². The maximum atomic E-state index is 5.19. The van der Waals surface area contributed by atoms with Gasteiger partial charge in [-0.3, -0.25) is 0 Å². The maximum Gasteiger partial charge on any atom is 0.152 e. The van der Waals surface area contributed by atoms with Crippen molar-refractivity contribution in [1.29, 1.82) is 0 Å². The van der Waals surface area contributed by atoms with E-state index in [9.17, 15) is 0 Å². The third-order valence-corrected chi connectivity index (χ3v) is 1.79. The summed E-state index contributed by atoms with van der Waals surface area (Å²) in [5.41, 5.74) is 0. The summed E-state index contributed by atoms with van der Waals surface area (Å²) >= 11 is 4.14. The van der Waals surface area contributed by atoms with Crippen LogP contribution in [0.15, 0.2) is 0 Å². The SMILES string of the molecule is CC[N+]1(S)OCCCO1. The van der Waals surface area contributed by atoms with E-state index in [2.05, 4.69) is 12.8 Å². The second-order valence-electron chi connectivity index (χ2n) is 1.97. The third-order valence-electron chi connectivity index (χ3n) is 1.27. The Hall–Kier alpha value is 0.230. The van der Waals surface area contributed by atoms with E-state index in [1.54, 1.807) is 0 Å². The Balaban J connectivity index is 2.37. The van der Waals surface area contributed by atoms with Crippen LogP contribution in [-0.2, 0) is 9.68 Å². The Kier molecular flexibility index (Phi) is 2.35. The highest BCUT2D eigenvalue weighted by Gasteiger charge is 2.28. The highest BCUT2D eigenvalue weighted by Crippen LogP contribution is 2.17. The van der Waals surface area contributed by atoms with Crippen molar-refractivity contribution in [1.82, 2.24) is 0 Å². The monoisotopic (exact) mass is 150 g/mol. The number of hydroxylamine groups is 2. The zero-order valence-corrected chi connectivity index (χ0v) is 6.43. The van der Waals surface area contributed by atoms with E-state index in [0.29, 0.717) is 0 Å². The lowest BCUT2D eigenvalue weighted by atomic mass is 10.5. The van der Waals surface area contributed by atoms with Crippen LogP contribution in [-0.4, -0.2) is 24.0 Å². The fourth-order valence-electron chi connectivity index (χ4n) is 0.693. The lowest BCUT2D eigenvalue weighted by molar-refractivity contribution is -1.16. The van der Waals surface area contributed by atoms with Crippen LogP contribution in [0.25, 0.3) is 0 Å². The molecular formula is C5H12NO2S+. The minimum Gasteiger partial charge on any atom is -0.155 e. The van der Waals surface area contributed by atoms with Crippen LogP contribution in [0.4, 0.5) is 0 Å². The fraction of sp³-hybridized carbons (Fsp3) is 1.00. The van der Waals surface area contributed by atoms with E-state index in [4.69, 9.17) is 9.68 Å². The molecule has 0 aromatic rings. The van der Waals surface area contributed by atoms with Gasteiger partial charge in [0.15, 0.2) is 6.54 Å². The maximum absolute atomic E-state index is 5.19. The second kappa shape index (κ2) is 2.88. The van der Waals surface area contributed by atoms with Crippen LogP contribution >= 0.6 is 12.8 Å². The second-order valence-corrected chi connectivity index (χ2v) is 2.58. The van der Waals surface area contributed by atoms with Crippen molar-refractivity contribution >= 4 is 12.8 Å². The molecule has 0 saturated carbocycles. The Labute approximate surface area is 60.6 Å². The van der Waals surface area contributed by atoms with Crippen LogP contribution in [0.3, 0.4) is 0 Å². The Morgan fingerprint density at radius 1 is 1.44 bits per heavy atom. The number of thiol groups is 1. The van der Waals surface area contributed by atoms with Crippen molar-refractivity contribution in [3.63, 3.8) is 0 Å². The van der Waals surface area contributed by atoms with E-state index in [1.807, 2.05) is 6.92 Å². The standard InChI is InChI=1S/C5H12NO2S/c1-2-6(9)7-4-3-5-8-6/h9H,2-5H2,1H3/q+1. The van der Waals surface area contributed by atoms with Gasteiger partial charge in [0.2, 0.25) is 0 Å². The molecule has 0 aliphatic carbocycles. The summed E-state index contributed by atoms with van der Waals surface area (Å²) in [4.78, 5) is 10.4.